The zero-order valence-electron chi connectivity index (χ0n) is 12.8. The third-order valence-corrected chi connectivity index (χ3v) is 4.13. The summed E-state index contributed by atoms with van der Waals surface area (Å²) in [7, 11) is 0. The summed E-state index contributed by atoms with van der Waals surface area (Å²) in [5, 5.41) is 0. The maximum atomic E-state index is 2.21. The number of nitrogens with zero attached hydrogens (tertiary/aromatic N) is 2. The van der Waals surface area contributed by atoms with Crippen LogP contribution in [0.3, 0.4) is 0 Å². The van der Waals surface area contributed by atoms with Gasteiger partial charge in [0.05, 0.1) is 0 Å². The van der Waals surface area contributed by atoms with Gasteiger partial charge in [-0.1, -0.05) is 36.4 Å². The summed E-state index contributed by atoms with van der Waals surface area (Å²) in [5.74, 6) is 0. The van der Waals surface area contributed by atoms with E-state index in [1.807, 2.05) is 0 Å². The quantitative estimate of drug-likeness (QED) is 0.509. The van der Waals surface area contributed by atoms with Crippen LogP contribution in [0.5, 0.6) is 0 Å². The highest BCUT2D eigenvalue weighted by molar-refractivity contribution is 5.49. The lowest BCUT2D eigenvalue weighted by Crippen LogP contribution is -2.02. The number of hydrogen-bond acceptors (Lipinski definition) is 0. The van der Waals surface area contributed by atoms with Crippen molar-refractivity contribution in [2.45, 2.75) is 6.42 Å². The maximum Gasteiger partial charge on any atom is 0.0484 e. The molecule has 0 saturated carbocycles. The lowest BCUT2D eigenvalue weighted by molar-refractivity contribution is 1.00. The van der Waals surface area contributed by atoms with Crippen molar-refractivity contribution in [1.82, 2.24) is 9.13 Å². The summed E-state index contributed by atoms with van der Waals surface area (Å²) in [6.45, 7) is 0. The molecule has 0 bridgehead atoms. The van der Waals surface area contributed by atoms with Crippen LogP contribution in [0.1, 0.15) is 11.1 Å². The highest BCUT2D eigenvalue weighted by Crippen LogP contribution is 2.22. The SMILES string of the molecule is c1ccc(-n2cccc2)c(Cc2ccccc2-n2cccc2)c1. The summed E-state index contributed by atoms with van der Waals surface area (Å²) in [4.78, 5) is 0. The fourth-order valence-corrected chi connectivity index (χ4v) is 3.02. The predicted octanol–water partition coefficient (Wildman–Crippen LogP) is 4.86. The van der Waals surface area contributed by atoms with Crippen LogP contribution in [-0.2, 0) is 6.42 Å². The molecule has 0 atom stereocenters. The molecular weight excluding hydrogens is 280 g/mol. The zero-order valence-corrected chi connectivity index (χ0v) is 12.8. The Bertz CT molecular complexity index is 812. The van der Waals surface area contributed by atoms with E-state index >= 15 is 0 Å². The van der Waals surface area contributed by atoms with Crippen LogP contribution in [-0.4, -0.2) is 9.13 Å². The highest BCUT2D eigenvalue weighted by Gasteiger charge is 2.08. The van der Waals surface area contributed by atoms with Crippen molar-refractivity contribution in [2.24, 2.45) is 0 Å². The van der Waals surface area contributed by atoms with Crippen LogP contribution in [0.4, 0.5) is 0 Å². The lowest BCUT2D eigenvalue weighted by atomic mass is 10.0. The third-order valence-electron chi connectivity index (χ3n) is 4.13. The standard InChI is InChI=1S/C21H18N2/c1-3-11-20(22-13-5-6-14-22)18(9-1)17-19-10-2-4-12-21(19)23-15-7-8-16-23/h1-16H,17H2. The van der Waals surface area contributed by atoms with Crippen molar-refractivity contribution >= 4 is 0 Å². The first kappa shape index (κ1) is 13.6. The van der Waals surface area contributed by atoms with E-state index in [4.69, 9.17) is 0 Å². The molecule has 0 aliphatic rings. The number of hydrogen-bond donors (Lipinski definition) is 0. The van der Waals surface area contributed by atoms with Crippen molar-refractivity contribution in [2.75, 3.05) is 0 Å². The Kier molecular flexibility index (Phi) is 3.57. The fourth-order valence-electron chi connectivity index (χ4n) is 3.02. The molecule has 2 heteroatoms. The minimum Gasteiger partial charge on any atom is -0.324 e. The topological polar surface area (TPSA) is 9.86 Å². The van der Waals surface area contributed by atoms with Crippen molar-refractivity contribution < 1.29 is 0 Å². The van der Waals surface area contributed by atoms with Crippen LogP contribution in [0.2, 0.25) is 0 Å². The van der Waals surface area contributed by atoms with Gasteiger partial charge in [-0.15, -0.1) is 0 Å². The molecule has 0 radical (unpaired) electrons. The first-order valence-corrected chi connectivity index (χ1v) is 7.84. The van der Waals surface area contributed by atoms with Crippen molar-refractivity contribution in [1.29, 1.82) is 0 Å². The van der Waals surface area contributed by atoms with E-state index in [2.05, 4.69) is 107 Å². The van der Waals surface area contributed by atoms with Gasteiger partial charge in [-0.05, 0) is 47.5 Å². The van der Waals surface area contributed by atoms with E-state index in [9.17, 15) is 0 Å². The predicted molar refractivity (Wildman–Crippen MR) is 94.3 cm³/mol. The Morgan fingerprint density at radius 2 is 0.870 bits per heavy atom. The van der Waals surface area contributed by atoms with E-state index in [0.29, 0.717) is 0 Å². The third kappa shape index (κ3) is 2.71. The molecule has 0 aliphatic heterocycles. The van der Waals surface area contributed by atoms with Gasteiger partial charge < -0.3 is 9.13 Å². The largest absolute Gasteiger partial charge is 0.324 e. The minimum atomic E-state index is 0.905. The monoisotopic (exact) mass is 298 g/mol. The molecule has 0 N–H and O–H groups in total. The van der Waals surface area contributed by atoms with Crippen LogP contribution in [0.15, 0.2) is 97.6 Å². The fraction of sp³-hybridized carbons (Fsp3) is 0.0476. The van der Waals surface area contributed by atoms with Gasteiger partial charge in [0.1, 0.15) is 0 Å². The van der Waals surface area contributed by atoms with E-state index in [0.717, 1.165) is 6.42 Å². The van der Waals surface area contributed by atoms with Gasteiger partial charge >= 0.3 is 0 Å². The molecule has 0 amide bonds. The number of para-hydroxylation sites is 2. The molecular formula is C21H18N2. The van der Waals surface area contributed by atoms with Crippen LogP contribution < -0.4 is 0 Å². The summed E-state index contributed by atoms with van der Waals surface area (Å²) < 4.78 is 4.35. The Balaban J connectivity index is 1.76. The Morgan fingerprint density at radius 1 is 0.478 bits per heavy atom. The Labute approximate surface area is 136 Å². The van der Waals surface area contributed by atoms with Gasteiger partial charge in [-0.3, -0.25) is 0 Å². The van der Waals surface area contributed by atoms with Gasteiger partial charge in [0.15, 0.2) is 0 Å². The maximum absolute atomic E-state index is 2.21. The van der Waals surface area contributed by atoms with Gasteiger partial charge in [-0.25, -0.2) is 0 Å². The van der Waals surface area contributed by atoms with Crippen molar-refractivity contribution in [3.8, 4) is 11.4 Å². The average Bonchev–Trinajstić information content (AvgIpc) is 3.30. The molecule has 0 spiro atoms. The van der Waals surface area contributed by atoms with Crippen molar-refractivity contribution in [3.63, 3.8) is 0 Å². The van der Waals surface area contributed by atoms with Gasteiger partial charge in [-0.2, -0.15) is 0 Å². The van der Waals surface area contributed by atoms with Gasteiger partial charge in [0.25, 0.3) is 0 Å². The first-order valence-electron chi connectivity index (χ1n) is 7.84. The molecule has 2 nitrogen and oxygen atoms in total. The summed E-state index contributed by atoms with van der Waals surface area (Å²) in [6, 6.07) is 25.4. The second kappa shape index (κ2) is 6.01. The van der Waals surface area contributed by atoms with E-state index in [-0.39, 0.29) is 0 Å². The highest BCUT2D eigenvalue weighted by atomic mass is 15.0. The van der Waals surface area contributed by atoms with Gasteiger partial charge in [0, 0.05) is 42.6 Å². The van der Waals surface area contributed by atoms with E-state index in [1.54, 1.807) is 0 Å². The molecule has 0 unspecified atom stereocenters. The Morgan fingerprint density at radius 3 is 1.30 bits per heavy atom. The number of rotatable bonds is 4. The molecule has 0 saturated heterocycles. The average molecular weight is 298 g/mol. The minimum absolute atomic E-state index is 0.905. The molecule has 2 aromatic heterocycles. The van der Waals surface area contributed by atoms with Crippen LogP contribution in [0, 0.1) is 0 Å². The second-order valence-corrected chi connectivity index (χ2v) is 5.61. The normalized spacial score (nSPS) is 10.8. The molecule has 0 fully saturated rings. The first-order chi connectivity index (χ1) is 11.4. The lowest BCUT2D eigenvalue weighted by Gasteiger charge is -2.14. The molecule has 0 aliphatic carbocycles. The van der Waals surface area contributed by atoms with Crippen LogP contribution >= 0.6 is 0 Å². The molecule has 23 heavy (non-hydrogen) atoms. The number of benzene rings is 2. The summed E-state index contributed by atoms with van der Waals surface area (Å²) >= 11 is 0. The van der Waals surface area contributed by atoms with E-state index in [1.165, 1.54) is 22.5 Å². The smallest absolute Gasteiger partial charge is 0.0484 e. The summed E-state index contributed by atoms with van der Waals surface area (Å²) in [6.07, 6.45) is 9.28. The van der Waals surface area contributed by atoms with Crippen molar-refractivity contribution in [3.05, 3.63) is 109 Å². The van der Waals surface area contributed by atoms with E-state index < -0.39 is 0 Å². The zero-order chi connectivity index (χ0) is 15.5. The summed E-state index contributed by atoms with van der Waals surface area (Å²) in [5.41, 5.74) is 5.12. The molecule has 2 aromatic carbocycles. The Hall–Kier alpha value is -3.00. The second-order valence-electron chi connectivity index (χ2n) is 5.61. The molecule has 2 heterocycles. The molecule has 112 valence electrons. The number of aromatic nitrogens is 2. The van der Waals surface area contributed by atoms with Crippen LogP contribution in [0.25, 0.3) is 11.4 Å². The van der Waals surface area contributed by atoms with Gasteiger partial charge in [0.2, 0.25) is 0 Å². The molecule has 4 aromatic rings. The molecule has 4 rings (SSSR count).